The summed E-state index contributed by atoms with van der Waals surface area (Å²) in [6.07, 6.45) is 0. The molecule has 1 aliphatic rings. The Balaban J connectivity index is 2.87. The molecular weight excluding hydrogens is 297 g/mol. The summed E-state index contributed by atoms with van der Waals surface area (Å²) in [4.78, 5) is 0. The maximum atomic E-state index is 11.1. The number of rotatable bonds is 0. The highest BCUT2D eigenvalue weighted by Gasteiger charge is 2.28. The van der Waals surface area contributed by atoms with E-state index in [2.05, 4.69) is 4.40 Å². The Morgan fingerprint density at radius 3 is 2.91 bits per heavy atom. The smallest absolute Gasteiger partial charge is 0.198 e. The van der Waals surface area contributed by atoms with Crippen LogP contribution >= 0.6 is 33.9 Å². The Morgan fingerprint density at radius 1 is 1.55 bits per heavy atom. The van der Waals surface area contributed by atoms with Gasteiger partial charge in [-0.3, -0.25) is 0 Å². The second kappa shape index (κ2) is 2.27. The van der Waals surface area contributed by atoms with Gasteiger partial charge in [0.15, 0.2) is 4.21 Å². The van der Waals surface area contributed by atoms with Crippen molar-refractivity contribution >= 4 is 47.7 Å². The van der Waals surface area contributed by atoms with Gasteiger partial charge in [0, 0.05) is 5.56 Å². The second-order valence-corrected chi connectivity index (χ2v) is 5.72. The van der Waals surface area contributed by atoms with Crippen molar-refractivity contribution < 1.29 is 8.42 Å². The number of thiophene rings is 1. The third-order valence-electron chi connectivity index (χ3n) is 1.29. The van der Waals surface area contributed by atoms with Gasteiger partial charge in [0.1, 0.15) is 3.72 Å². The highest BCUT2D eigenvalue weighted by atomic mass is 127. The fourth-order valence-corrected chi connectivity index (χ4v) is 4.66. The van der Waals surface area contributed by atoms with Gasteiger partial charge in [0.25, 0.3) is 10.0 Å². The van der Waals surface area contributed by atoms with Crippen LogP contribution in [0.2, 0.25) is 0 Å². The molecule has 0 unspecified atom stereocenters. The molecule has 0 bridgehead atoms. The Bertz CT molecular complexity index is 431. The topological polar surface area (TPSA) is 46.5 Å². The predicted molar refractivity (Wildman–Crippen MR) is 52.1 cm³/mol. The quantitative estimate of drug-likeness (QED) is 0.684. The lowest BCUT2D eigenvalue weighted by atomic mass is 10.4. The molecule has 0 aromatic carbocycles. The molecule has 0 N–H and O–H groups in total. The zero-order valence-corrected chi connectivity index (χ0v) is 8.90. The Labute approximate surface area is 81.3 Å². The summed E-state index contributed by atoms with van der Waals surface area (Å²) in [6, 6.07) is 1.77. The third kappa shape index (κ3) is 1.04. The molecule has 0 radical (unpaired) electrons. The first-order valence-corrected chi connectivity index (χ1v) is 6.09. The summed E-state index contributed by atoms with van der Waals surface area (Å²) >= 11 is 3.14. The molecular formula is C5H2INO2S2. The van der Waals surface area contributed by atoms with Crippen LogP contribution in [0.15, 0.2) is 20.1 Å². The van der Waals surface area contributed by atoms with E-state index in [0.29, 0.717) is 7.93 Å². The van der Waals surface area contributed by atoms with Gasteiger partial charge >= 0.3 is 0 Å². The number of halogens is 1. The van der Waals surface area contributed by atoms with Gasteiger partial charge in [-0.2, -0.15) is 12.8 Å². The van der Waals surface area contributed by atoms with E-state index in [1.807, 2.05) is 22.6 Å². The van der Waals surface area contributed by atoms with Crippen LogP contribution in [0.3, 0.4) is 0 Å². The van der Waals surface area contributed by atoms with Crippen molar-refractivity contribution in [1.82, 2.24) is 0 Å². The minimum absolute atomic E-state index is 0.377. The van der Waals surface area contributed by atoms with Crippen LogP contribution in [-0.4, -0.2) is 12.1 Å². The molecule has 1 aromatic rings. The fraction of sp³-hybridized carbons (Fsp3) is 0. The summed E-state index contributed by atoms with van der Waals surface area (Å²) in [5.41, 5.74) is 0.746. The monoisotopic (exact) mass is 299 g/mol. The normalized spacial score (nSPS) is 19.5. The molecule has 0 saturated carbocycles. The predicted octanol–water partition coefficient (Wildman–Crippen LogP) is 1.63. The van der Waals surface area contributed by atoms with Gasteiger partial charge in [0.2, 0.25) is 0 Å². The first kappa shape index (κ1) is 7.69. The van der Waals surface area contributed by atoms with Crippen molar-refractivity contribution in [1.29, 1.82) is 0 Å². The molecule has 11 heavy (non-hydrogen) atoms. The van der Waals surface area contributed by atoms with E-state index >= 15 is 0 Å². The van der Waals surface area contributed by atoms with Crippen molar-refractivity contribution in [3.8, 4) is 0 Å². The highest BCUT2D eigenvalue weighted by Crippen LogP contribution is 2.32. The number of fused-ring (bicyclic) bond motifs is 1. The summed E-state index contributed by atoms with van der Waals surface area (Å²) in [7, 11) is -3.31. The summed E-state index contributed by atoms with van der Waals surface area (Å²) in [6.45, 7) is 0. The highest BCUT2D eigenvalue weighted by molar-refractivity contribution is 14.1. The Morgan fingerprint density at radius 2 is 2.27 bits per heavy atom. The molecule has 58 valence electrons. The van der Waals surface area contributed by atoms with E-state index in [1.54, 1.807) is 11.4 Å². The SMILES string of the molecule is O=S1(=O)N=C(I)c2ccsc21. The molecule has 0 fully saturated rings. The van der Waals surface area contributed by atoms with Crippen molar-refractivity contribution in [2.75, 3.05) is 0 Å². The maximum Gasteiger partial charge on any atom is 0.293 e. The molecule has 0 spiro atoms. The van der Waals surface area contributed by atoms with Gasteiger partial charge in [-0.15, -0.1) is 11.3 Å². The molecule has 0 amide bonds. The minimum Gasteiger partial charge on any atom is -0.198 e. The van der Waals surface area contributed by atoms with E-state index in [1.165, 1.54) is 11.3 Å². The van der Waals surface area contributed by atoms with Crippen molar-refractivity contribution in [2.45, 2.75) is 4.21 Å². The fourth-order valence-electron chi connectivity index (χ4n) is 0.844. The first-order valence-electron chi connectivity index (χ1n) is 2.69. The van der Waals surface area contributed by atoms with Crippen LogP contribution in [0.1, 0.15) is 5.56 Å². The molecule has 6 heteroatoms. The molecule has 2 rings (SSSR count). The van der Waals surface area contributed by atoms with Gasteiger partial charge in [-0.25, -0.2) is 0 Å². The number of hydrogen-bond acceptors (Lipinski definition) is 3. The summed E-state index contributed by atoms with van der Waals surface area (Å²) in [5, 5.41) is 1.76. The van der Waals surface area contributed by atoms with E-state index < -0.39 is 10.0 Å². The van der Waals surface area contributed by atoms with E-state index in [4.69, 9.17) is 0 Å². The molecule has 2 heterocycles. The molecule has 0 atom stereocenters. The zero-order valence-electron chi connectivity index (χ0n) is 5.11. The third-order valence-corrected chi connectivity index (χ3v) is 5.17. The van der Waals surface area contributed by atoms with Crippen molar-refractivity contribution in [3.63, 3.8) is 0 Å². The molecule has 0 saturated heterocycles. The van der Waals surface area contributed by atoms with Crippen LogP contribution < -0.4 is 0 Å². The molecule has 0 aliphatic carbocycles. The lowest BCUT2D eigenvalue weighted by molar-refractivity contribution is 0.601. The van der Waals surface area contributed by atoms with Crippen LogP contribution in [0, 0.1) is 0 Å². The number of nitrogens with zero attached hydrogens (tertiary/aromatic N) is 1. The lowest BCUT2D eigenvalue weighted by Gasteiger charge is -1.83. The first-order chi connectivity index (χ1) is 5.11. The molecule has 1 aliphatic heterocycles. The number of sulfonamides is 1. The van der Waals surface area contributed by atoms with Crippen LogP contribution in [0.5, 0.6) is 0 Å². The molecule has 3 nitrogen and oxygen atoms in total. The Hall–Kier alpha value is 0.0500. The Kier molecular flexibility index (Phi) is 1.58. The number of hydrogen-bond donors (Lipinski definition) is 0. The van der Waals surface area contributed by atoms with Gasteiger partial charge in [-0.1, -0.05) is 0 Å². The average molecular weight is 299 g/mol. The summed E-state index contributed by atoms with van der Waals surface area (Å²) < 4.78 is 26.8. The molecule has 1 aromatic heterocycles. The van der Waals surface area contributed by atoms with Gasteiger partial charge < -0.3 is 0 Å². The summed E-state index contributed by atoms with van der Waals surface area (Å²) in [5.74, 6) is 0. The van der Waals surface area contributed by atoms with Crippen LogP contribution in [0.25, 0.3) is 0 Å². The van der Waals surface area contributed by atoms with Gasteiger partial charge in [0.05, 0.1) is 0 Å². The lowest BCUT2D eigenvalue weighted by Crippen LogP contribution is -1.87. The second-order valence-electron chi connectivity index (χ2n) is 1.98. The standard InChI is InChI=1S/C5H2INO2S2/c6-4-3-1-2-10-5(3)11(8,9)7-4/h1-2H. The van der Waals surface area contributed by atoms with Crippen molar-refractivity contribution in [3.05, 3.63) is 17.0 Å². The van der Waals surface area contributed by atoms with Gasteiger partial charge in [-0.05, 0) is 34.0 Å². The minimum atomic E-state index is -3.31. The van der Waals surface area contributed by atoms with Crippen LogP contribution in [-0.2, 0) is 10.0 Å². The maximum absolute atomic E-state index is 11.1. The average Bonchev–Trinajstić information content (AvgIpc) is 2.37. The van der Waals surface area contributed by atoms with Crippen molar-refractivity contribution in [2.24, 2.45) is 4.40 Å². The largest absolute Gasteiger partial charge is 0.293 e. The van der Waals surface area contributed by atoms with E-state index in [0.717, 1.165) is 5.56 Å². The van der Waals surface area contributed by atoms with E-state index in [-0.39, 0.29) is 0 Å². The van der Waals surface area contributed by atoms with E-state index in [9.17, 15) is 8.42 Å². The zero-order chi connectivity index (χ0) is 8.06. The van der Waals surface area contributed by atoms with Crippen LogP contribution in [0.4, 0.5) is 0 Å².